The fourth-order valence-corrected chi connectivity index (χ4v) is 2.85. The number of H-pyrrole nitrogens is 1. The standard InChI is InChI=1S/C17H14BrClN4O/c1-11-16(18)17(21-20-11)12-4-2-6-14(8-12)22-23(10-24)15-7-3-5-13(19)9-15/h2-10,22H,1H3,(H,20,21). The molecule has 0 fully saturated rings. The number of halogens is 2. The number of aromatic amines is 1. The zero-order chi connectivity index (χ0) is 17.1. The van der Waals surface area contributed by atoms with E-state index in [1.165, 1.54) is 5.01 Å². The normalized spacial score (nSPS) is 10.5. The molecule has 0 saturated heterocycles. The summed E-state index contributed by atoms with van der Waals surface area (Å²) in [4.78, 5) is 11.4. The van der Waals surface area contributed by atoms with E-state index in [2.05, 4.69) is 31.6 Å². The maximum absolute atomic E-state index is 11.4. The minimum atomic E-state index is 0.561. The van der Waals surface area contributed by atoms with Crippen molar-refractivity contribution in [2.75, 3.05) is 10.4 Å². The molecule has 24 heavy (non-hydrogen) atoms. The smallest absolute Gasteiger partial charge is 0.232 e. The van der Waals surface area contributed by atoms with Crippen molar-refractivity contribution in [3.05, 3.63) is 63.7 Å². The van der Waals surface area contributed by atoms with Gasteiger partial charge < -0.3 is 0 Å². The van der Waals surface area contributed by atoms with E-state index < -0.39 is 0 Å². The van der Waals surface area contributed by atoms with Gasteiger partial charge in [-0.05, 0) is 53.2 Å². The molecule has 0 aliphatic heterocycles. The van der Waals surface area contributed by atoms with Crippen LogP contribution in [0.3, 0.4) is 0 Å². The molecule has 3 aromatic rings. The predicted octanol–water partition coefficient (Wildman–Crippen LogP) is 4.79. The number of hydrazine groups is 1. The van der Waals surface area contributed by atoms with E-state index in [-0.39, 0.29) is 0 Å². The molecule has 122 valence electrons. The van der Waals surface area contributed by atoms with Gasteiger partial charge in [0.25, 0.3) is 0 Å². The topological polar surface area (TPSA) is 61.0 Å². The number of aromatic nitrogens is 2. The molecule has 0 bridgehead atoms. The van der Waals surface area contributed by atoms with Gasteiger partial charge in [0, 0.05) is 16.3 Å². The van der Waals surface area contributed by atoms with Crippen molar-refractivity contribution >= 4 is 45.3 Å². The monoisotopic (exact) mass is 404 g/mol. The lowest BCUT2D eigenvalue weighted by Crippen LogP contribution is -2.27. The maximum atomic E-state index is 11.4. The second-order valence-corrected chi connectivity index (χ2v) is 6.39. The molecule has 0 unspecified atom stereocenters. The van der Waals surface area contributed by atoms with Gasteiger partial charge >= 0.3 is 0 Å². The number of benzene rings is 2. The molecule has 7 heteroatoms. The highest BCUT2D eigenvalue weighted by atomic mass is 79.9. The highest BCUT2D eigenvalue weighted by Crippen LogP contribution is 2.30. The van der Waals surface area contributed by atoms with Gasteiger partial charge in [0.05, 0.1) is 15.8 Å². The van der Waals surface area contributed by atoms with Crippen LogP contribution in [0, 0.1) is 6.92 Å². The van der Waals surface area contributed by atoms with Crippen molar-refractivity contribution in [3.8, 4) is 11.3 Å². The number of nitrogens with zero attached hydrogens (tertiary/aromatic N) is 2. The number of anilines is 2. The summed E-state index contributed by atoms with van der Waals surface area (Å²) in [5.41, 5.74) is 7.17. The number of carbonyl (C=O) groups excluding carboxylic acids is 1. The summed E-state index contributed by atoms with van der Waals surface area (Å²) in [6.45, 7) is 1.94. The molecule has 3 rings (SSSR count). The highest BCUT2D eigenvalue weighted by molar-refractivity contribution is 9.10. The van der Waals surface area contributed by atoms with Crippen LogP contribution in [0.2, 0.25) is 5.02 Å². The average molecular weight is 406 g/mol. The van der Waals surface area contributed by atoms with Gasteiger partial charge in [-0.1, -0.05) is 29.8 Å². The summed E-state index contributed by atoms with van der Waals surface area (Å²) < 4.78 is 0.918. The van der Waals surface area contributed by atoms with E-state index in [1.807, 2.05) is 31.2 Å². The maximum Gasteiger partial charge on any atom is 0.232 e. The first-order chi connectivity index (χ1) is 11.6. The van der Waals surface area contributed by atoms with Crippen molar-refractivity contribution in [2.45, 2.75) is 6.92 Å². The minimum Gasteiger partial charge on any atom is -0.292 e. The second kappa shape index (κ2) is 7.07. The highest BCUT2D eigenvalue weighted by Gasteiger charge is 2.11. The third-order valence-corrected chi connectivity index (χ3v) is 4.66. The Morgan fingerprint density at radius 1 is 1.25 bits per heavy atom. The summed E-state index contributed by atoms with van der Waals surface area (Å²) in [6, 6.07) is 14.7. The van der Waals surface area contributed by atoms with Crippen molar-refractivity contribution in [3.63, 3.8) is 0 Å². The molecule has 1 heterocycles. The van der Waals surface area contributed by atoms with Crippen LogP contribution in [-0.2, 0) is 4.79 Å². The van der Waals surface area contributed by atoms with Gasteiger partial charge in [0.15, 0.2) is 0 Å². The third-order valence-electron chi connectivity index (χ3n) is 3.45. The van der Waals surface area contributed by atoms with Gasteiger partial charge in [-0.25, -0.2) is 5.01 Å². The van der Waals surface area contributed by atoms with Crippen LogP contribution in [0.1, 0.15) is 5.69 Å². The largest absolute Gasteiger partial charge is 0.292 e. The molecule has 0 spiro atoms. The molecule has 1 amide bonds. The van der Waals surface area contributed by atoms with Crippen molar-refractivity contribution in [2.24, 2.45) is 0 Å². The first-order valence-electron chi connectivity index (χ1n) is 7.16. The van der Waals surface area contributed by atoms with Gasteiger partial charge in [-0.3, -0.25) is 15.3 Å². The Bertz CT molecular complexity index is 881. The Morgan fingerprint density at radius 2 is 2.04 bits per heavy atom. The lowest BCUT2D eigenvalue weighted by atomic mass is 10.1. The number of carbonyl (C=O) groups is 1. The van der Waals surface area contributed by atoms with Gasteiger partial charge in [-0.15, -0.1) is 0 Å². The lowest BCUT2D eigenvalue weighted by molar-refractivity contribution is -0.107. The molecule has 0 radical (unpaired) electrons. The number of hydrogen-bond acceptors (Lipinski definition) is 3. The lowest BCUT2D eigenvalue weighted by Gasteiger charge is -2.20. The van der Waals surface area contributed by atoms with Crippen LogP contribution in [-0.4, -0.2) is 16.6 Å². The van der Waals surface area contributed by atoms with Crippen LogP contribution >= 0.6 is 27.5 Å². The summed E-state index contributed by atoms with van der Waals surface area (Å²) >= 11 is 9.51. The molecule has 0 atom stereocenters. The van der Waals surface area contributed by atoms with E-state index in [1.54, 1.807) is 24.3 Å². The van der Waals surface area contributed by atoms with Crippen molar-refractivity contribution in [1.29, 1.82) is 0 Å². The Balaban J connectivity index is 1.88. The fourth-order valence-electron chi connectivity index (χ4n) is 2.26. The Morgan fingerprint density at radius 3 is 2.71 bits per heavy atom. The molecule has 1 aromatic heterocycles. The summed E-state index contributed by atoms with van der Waals surface area (Å²) in [5, 5.41) is 9.17. The predicted molar refractivity (Wildman–Crippen MR) is 100 cm³/mol. The molecule has 2 aromatic carbocycles. The van der Waals surface area contributed by atoms with Crippen LogP contribution in [0.4, 0.5) is 11.4 Å². The summed E-state index contributed by atoms with van der Waals surface area (Å²) in [6.07, 6.45) is 0.701. The Labute approximate surface area is 152 Å². The first-order valence-corrected chi connectivity index (χ1v) is 8.33. The molecular weight excluding hydrogens is 392 g/mol. The van der Waals surface area contributed by atoms with Crippen molar-refractivity contribution in [1.82, 2.24) is 10.2 Å². The summed E-state index contributed by atoms with van der Waals surface area (Å²) in [7, 11) is 0. The number of rotatable bonds is 5. The van der Waals surface area contributed by atoms with Gasteiger partial charge in [0.2, 0.25) is 6.41 Å². The van der Waals surface area contributed by atoms with Gasteiger partial charge in [0.1, 0.15) is 5.69 Å². The first kappa shape index (κ1) is 16.5. The van der Waals surface area contributed by atoms with Crippen LogP contribution < -0.4 is 10.4 Å². The van der Waals surface area contributed by atoms with E-state index >= 15 is 0 Å². The second-order valence-electron chi connectivity index (χ2n) is 5.16. The average Bonchev–Trinajstić information content (AvgIpc) is 2.92. The molecule has 0 aliphatic carbocycles. The van der Waals surface area contributed by atoms with E-state index in [4.69, 9.17) is 11.6 Å². The molecule has 0 saturated carbocycles. The Hall–Kier alpha value is -2.31. The van der Waals surface area contributed by atoms with E-state index in [0.29, 0.717) is 17.1 Å². The van der Waals surface area contributed by atoms with Crippen molar-refractivity contribution < 1.29 is 4.79 Å². The zero-order valence-electron chi connectivity index (χ0n) is 12.8. The molecule has 2 N–H and O–H groups in total. The number of nitrogens with one attached hydrogen (secondary N) is 2. The van der Waals surface area contributed by atoms with Crippen LogP contribution in [0.15, 0.2) is 53.0 Å². The molecular formula is C17H14BrClN4O. The van der Waals surface area contributed by atoms with Gasteiger partial charge in [-0.2, -0.15) is 5.10 Å². The number of hydrogen-bond donors (Lipinski definition) is 2. The van der Waals surface area contributed by atoms with Crippen LogP contribution in [0.5, 0.6) is 0 Å². The summed E-state index contributed by atoms with van der Waals surface area (Å²) in [5.74, 6) is 0. The quantitative estimate of drug-likeness (QED) is 0.474. The SMILES string of the molecule is Cc1[nH]nc(-c2cccc(NN(C=O)c3cccc(Cl)c3)c2)c1Br. The van der Waals surface area contributed by atoms with E-state index in [0.717, 1.165) is 27.1 Å². The third kappa shape index (κ3) is 3.44. The zero-order valence-corrected chi connectivity index (χ0v) is 15.1. The number of amides is 1. The molecule has 5 nitrogen and oxygen atoms in total. The van der Waals surface area contributed by atoms with Crippen LogP contribution in [0.25, 0.3) is 11.3 Å². The fraction of sp³-hybridized carbons (Fsp3) is 0.0588. The van der Waals surface area contributed by atoms with E-state index in [9.17, 15) is 4.79 Å². The molecule has 0 aliphatic rings. The minimum absolute atomic E-state index is 0.561. The number of aryl methyl sites for hydroxylation is 1. The Kier molecular flexibility index (Phi) is 4.87.